The molecule has 0 aliphatic carbocycles. The smallest absolute Gasteiger partial charge is 0.308 e. The van der Waals surface area contributed by atoms with E-state index >= 15 is 0 Å². The summed E-state index contributed by atoms with van der Waals surface area (Å²) in [5, 5.41) is 5.17. The highest BCUT2D eigenvalue weighted by atomic mass is 16.5. The maximum atomic E-state index is 11.9. The average Bonchev–Trinajstić information content (AvgIpc) is 3.10. The third-order valence-corrected chi connectivity index (χ3v) is 3.08. The molecule has 126 valence electrons. The van der Waals surface area contributed by atoms with E-state index in [1.54, 1.807) is 30.3 Å². The third-order valence-electron chi connectivity index (χ3n) is 3.08. The summed E-state index contributed by atoms with van der Waals surface area (Å²) in [6.07, 6.45) is 0.407. The van der Waals surface area contributed by atoms with Crippen LogP contribution in [0.5, 0.6) is 0 Å². The molecular formula is C17H18N2O5. The maximum absolute atomic E-state index is 11.9. The summed E-state index contributed by atoms with van der Waals surface area (Å²) in [4.78, 5) is 35.2. The Hall–Kier alpha value is -3.09. The fraction of sp³-hybridized carbons (Fsp3) is 0.235. The Morgan fingerprint density at radius 3 is 2.54 bits per heavy atom. The Morgan fingerprint density at radius 2 is 1.88 bits per heavy atom. The number of carbonyl (C=O) groups is 3. The van der Waals surface area contributed by atoms with Crippen LogP contribution in [0.25, 0.3) is 0 Å². The number of benzene rings is 1. The van der Waals surface area contributed by atoms with E-state index < -0.39 is 23.9 Å². The van der Waals surface area contributed by atoms with Gasteiger partial charge in [-0.05, 0) is 31.2 Å². The first kappa shape index (κ1) is 17.3. The van der Waals surface area contributed by atoms with E-state index in [2.05, 4.69) is 10.6 Å². The Kier molecular flexibility index (Phi) is 6.13. The van der Waals surface area contributed by atoms with Crippen LogP contribution in [0.1, 0.15) is 23.9 Å². The van der Waals surface area contributed by atoms with Crippen LogP contribution < -0.4 is 10.6 Å². The van der Waals surface area contributed by atoms with E-state index in [0.717, 1.165) is 0 Å². The molecule has 0 aliphatic rings. The number of rotatable bonds is 7. The van der Waals surface area contributed by atoms with Crippen LogP contribution in [-0.4, -0.2) is 30.4 Å². The lowest BCUT2D eigenvalue weighted by molar-refractivity contribution is -0.153. The Balaban J connectivity index is 1.69. The van der Waals surface area contributed by atoms with Gasteiger partial charge in [-0.25, -0.2) is 0 Å². The molecule has 1 heterocycles. The molecule has 2 N–H and O–H groups in total. The van der Waals surface area contributed by atoms with Gasteiger partial charge in [-0.3, -0.25) is 14.4 Å². The molecule has 1 unspecified atom stereocenters. The minimum Gasteiger partial charge on any atom is -0.459 e. The van der Waals surface area contributed by atoms with Gasteiger partial charge >= 0.3 is 5.97 Å². The second-order valence-electron chi connectivity index (χ2n) is 4.97. The molecule has 1 aromatic heterocycles. The van der Waals surface area contributed by atoms with Crippen LogP contribution in [0.4, 0.5) is 5.69 Å². The Labute approximate surface area is 139 Å². The third kappa shape index (κ3) is 5.28. The van der Waals surface area contributed by atoms with E-state index in [0.29, 0.717) is 5.69 Å². The maximum Gasteiger partial charge on any atom is 0.308 e. The van der Waals surface area contributed by atoms with E-state index in [1.165, 1.54) is 19.3 Å². The molecule has 0 aliphatic heterocycles. The number of furan rings is 1. The van der Waals surface area contributed by atoms with Crippen LogP contribution in [0, 0.1) is 0 Å². The van der Waals surface area contributed by atoms with Crippen molar-refractivity contribution in [2.45, 2.75) is 19.4 Å². The van der Waals surface area contributed by atoms with E-state index in [4.69, 9.17) is 9.15 Å². The van der Waals surface area contributed by atoms with Crippen LogP contribution in [0.15, 0.2) is 53.1 Å². The van der Waals surface area contributed by atoms with E-state index in [1.807, 2.05) is 6.07 Å². The molecule has 0 fully saturated rings. The first-order valence-electron chi connectivity index (χ1n) is 7.43. The van der Waals surface area contributed by atoms with E-state index in [9.17, 15) is 14.4 Å². The SMILES string of the molecule is CC(OC(=O)CCNC(=O)c1ccco1)C(=O)Nc1ccccc1. The van der Waals surface area contributed by atoms with Crippen molar-refractivity contribution in [2.24, 2.45) is 0 Å². The van der Waals surface area contributed by atoms with Gasteiger partial charge in [0.25, 0.3) is 11.8 Å². The summed E-state index contributed by atoms with van der Waals surface area (Å²) in [6, 6.07) is 12.0. The molecule has 2 amide bonds. The fourth-order valence-corrected chi connectivity index (χ4v) is 1.85. The standard InChI is InChI=1S/C17H18N2O5/c1-12(16(21)19-13-6-3-2-4-7-13)24-15(20)9-10-18-17(22)14-8-5-11-23-14/h2-8,11-12H,9-10H2,1H3,(H,18,22)(H,19,21). The second-order valence-corrected chi connectivity index (χ2v) is 4.97. The summed E-state index contributed by atoms with van der Waals surface area (Å²) in [7, 11) is 0. The number of para-hydroxylation sites is 1. The lowest BCUT2D eigenvalue weighted by Gasteiger charge is -2.13. The number of anilines is 1. The molecule has 2 rings (SSSR count). The zero-order valence-corrected chi connectivity index (χ0v) is 13.2. The van der Waals surface area contributed by atoms with Crippen molar-refractivity contribution in [3.8, 4) is 0 Å². The minimum atomic E-state index is -0.932. The van der Waals surface area contributed by atoms with Gasteiger partial charge in [0.15, 0.2) is 11.9 Å². The van der Waals surface area contributed by atoms with Gasteiger partial charge in [-0.15, -0.1) is 0 Å². The molecule has 1 aromatic carbocycles. The number of hydrogen-bond acceptors (Lipinski definition) is 5. The Morgan fingerprint density at radius 1 is 1.12 bits per heavy atom. The van der Waals surface area contributed by atoms with Gasteiger partial charge in [-0.1, -0.05) is 18.2 Å². The number of nitrogens with one attached hydrogen (secondary N) is 2. The molecule has 24 heavy (non-hydrogen) atoms. The zero-order valence-electron chi connectivity index (χ0n) is 13.2. The van der Waals surface area contributed by atoms with Crippen molar-refractivity contribution >= 4 is 23.5 Å². The van der Waals surface area contributed by atoms with Gasteiger partial charge in [0.1, 0.15) is 0 Å². The summed E-state index contributed by atoms with van der Waals surface area (Å²) in [5.41, 5.74) is 0.621. The van der Waals surface area contributed by atoms with Gasteiger partial charge in [0.05, 0.1) is 12.7 Å². The fourth-order valence-electron chi connectivity index (χ4n) is 1.85. The summed E-state index contributed by atoms with van der Waals surface area (Å²) in [6.45, 7) is 1.57. The van der Waals surface area contributed by atoms with Crippen molar-refractivity contribution in [1.29, 1.82) is 0 Å². The highest BCUT2D eigenvalue weighted by molar-refractivity contribution is 5.95. The molecule has 7 nitrogen and oxygen atoms in total. The molecule has 0 bridgehead atoms. The topological polar surface area (TPSA) is 97.6 Å². The quantitative estimate of drug-likeness (QED) is 0.756. The summed E-state index contributed by atoms with van der Waals surface area (Å²) in [5.74, 6) is -1.25. The highest BCUT2D eigenvalue weighted by Gasteiger charge is 2.18. The van der Waals surface area contributed by atoms with Crippen molar-refractivity contribution in [3.05, 3.63) is 54.5 Å². The number of esters is 1. The van der Waals surface area contributed by atoms with Crippen LogP contribution >= 0.6 is 0 Å². The molecule has 2 aromatic rings. The monoisotopic (exact) mass is 330 g/mol. The molecular weight excluding hydrogens is 312 g/mol. The number of amides is 2. The largest absolute Gasteiger partial charge is 0.459 e. The number of carbonyl (C=O) groups excluding carboxylic acids is 3. The van der Waals surface area contributed by atoms with E-state index in [-0.39, 0.29) is 18.7 Å². The van der Waals surface area contributed by atoms with Crippen molar-refractivity contribution < 1.29 is 23.5 Å². The lowest BCUT2D eigenvalue weighted by Crippen LogP contribution is -2.32. The van der Waals surface area contributed by atoms with Gasteiger partial charge in [-0.2, -0.15) is 0 Å². The number of ether oxygens (including phenoxy) is 1. The zero-order chi connectivity index (χ0) is 17.4. The highest BCUT2D eigenvalue weighted by Crippen LogP contribution is 2.07. The van der Waals surface area contributed by atoms with Gasteiger partial charge < -0.3 is 19.8 Å². The summed E-state index contributed by atoms with van der Waals surface area (Å²) >= 11 is 0. The van der Waals surface area contributed by atoms with Crippen molar-refractivity contribution in [2.75, 3.05) is 11.9 Å². The van der Waals surface area contributed by atoms with Gasteiger partial charge in [0.2, 0.25) is 0 Å². The van der Waals surface area contributed by atoms with Gasteiger partial charge in [0, 0.05) is 12.2 Å². The molecule has 0 saturated carbocycles. The van der Waals surface area contributed by atoms with Crippen LogP contribution in [0.3, 0.4) is 0 Å². The Bertz CT molecular complexity index is 682. The predicted octanol–water partition coefficient (Wildman–Crippen LogP) is 1.97. The minimum absolute atomic E-state index is 0.0462. The summed E-state index contributed by atoms with van der Waals surface area (Å²) < 4.78 is 9.96. The molecule has 1 atom stereocenters. The first-order chi connectivity index (χ1) is 11.6. The molecule has 7 heteroatoms. The second kappa shape index (κ2) is 8.52. The van der Waals surface area contributed by atoms with Crippen molar-refractivity contribution in [1.82, 2.24) is 5.32 Å². The lowest BCUT2D eigenvalue weighted by atomic mass is 10.3. The average molecular weight is 330 g/mol. The van der Waals surface area contributed by atoms with Crippen LogP contribution in [-0.2, 0) is 14.3 Å². The molecule has 0 spiro atoms. The molecule has 0 saturated heterocycles. The van der Waals surface area contributed by atoms with Crippen LogP contribution in [0.2, 0.25) is 0 Å². The molecule has 0 radical (unpaired) electrons. The number of hydrogen-bond donors (Lipinski definition) is 2. The normalized spacial score (nSPS) is 11.4. The first-order valence-corrected chi connectivity index (χ1v) is 7.43. The van der Waals surface area contributed by atoms with Crippen molar-refractivity contribution in [3.63, 3.8) is 0 Å². The predicted molar refractivity (Wildman–Crippen MR) is 86.3 cm³/mol.